The van der Waals surface area contributed by atoms with Gasteiger partial charge < -0.3 is 10.5 Å². The summed E-state index contributed by atoms with van der Waals surface area (Å²) >= 11 is 6.07. The molecule has 3 heteroatoms. The van der Waals surface area contributed by atoms with Gasteiger partial charge in [-0.1, -0.05) is 31.5 Å². The van der Waals surface area contributed by atoms with Crippen LogP contribution in [0.5, 0.6) is 5.75 Å². The third kappa shape index (κ3) is 2.32. The standard InChI is InChI=1S/C11H16ClNO/c1-3-7-14-9-6-5-8(4-2)10(12)11(9)13/h5-6H,3-4,7,13H2,1-2H3. The van der Waals surface area contributed by atoms with Crippen molar-refractivity contribution < 1.29 is 4.74 Å². The minimum Gasteiger partial charge on any atom is -0.491 e. The van der Waals surface area contributed by atoms with Crippen LogP contribution in [0.4, 0.5) is 5.69 Å². The van der Waals surface area contributed by atoms with Gasteiger partial charge in [0.2, 0.25) is 0 Å². The van der Waals surface area contributed by atoms with Crippen LogP contribution in [0.2, 0.25) is 5.02 Å². The number of hydrogen-bond acceptors (Lipinski definition) is 2. The predicted octanol–water partition coefficient (Wildman–Crippen LogP) is 3.27. The van der Waals surface area contributed by atoms with Crippen molar-refractivity contribution in [3.63, 3.8) is 0 Å². The van der Waals surface area contributed by atoms with Crippen molar-refractivity contribution in [2.24, 2.45) is 0 Å². The van der Waals surface area contributed by atoms with Gasteiger partial charge in [0.1, 0.15) is 5.75 Å². The summed E-state index contributed by atoms with van der Waals surface area (Å²) in [6.07, 6.45) is 1.85. The van der Waals surface area contributed by atoms with E-state index in [-0.39, 0.29) is 0 Å². The molecule has 0 spiro atoms. The molecule has 0 aromatic heterocycles. The number of nitrogen functional groups attached to an aromatic ring is 1. The van der Waals surface area contributed by atoms with E-state index in [0.717, 1.165) is 18.4 Å². The van der Waals surface area contributed by atoms with Gasteiger partial charge >= 0.3 is 0 Å². The monoisotopic (exact) mass is 213 g/mol. The molecular formula is C11H16ClNO. The fourth-order valence-electron chi connectivity index (χ4n) is 1.23. The molecule has 0 aliphatic carbocycles. The van der Waals surface area contributed by atoms with Crippen molar-refractivity contribution in [2.45, 2.75) is 26.7 Å². The highest BCUT2D eigenvalue weighted by molar-refractivity contribution is 6.34. The van der Waals surface area contributed by atoms with Gasteiger partial charge in [0.15, 0.2) is 0 Å². The fourth-order valence-corrected chi connectivity index (χ4v) is 1.52. The van der Waals surface area contributed by atoms with Crippen molar-refractivity contribution in [1.82, 2.24) is 0 Å². The summed E-state index contributed by atoms with van der Waals surface area (Å²) in [5.41, 5.74) is 7.46. The zero-order chi connectivity index (χ0) is 10.6. The van der Waals surface area contributed by atoms with E-state index in [4.69, 9.17) is 22.1 Å². The average molecular weight is 214 g/mol. The Balaban J connectivity index is 2.92. The van der Waals surface area contributed by atoms with Crippen molar-refractivity contribution in [3.8, 4) is 5.75 Å². The van der Waals surface area contributed by atoms with Crippen molar-refractivity contribution >= 4 is 17.3 Å². The fraction of sp³-hybridized carbons (Fsp3) is 0.455. The Morgan fingerprint density at radius 2 is 2.07 bits per heavy atom. The average Bonchev–Trinajstić information content (AvgIpc) is 2.20. The predicted molar refractivity (Wildman–Crippen MR) is 61.0 cm³/mol. The molecule has 0 aliphatic rings. The summed E-state index contributed by atoms with van der Waals surface area (Å²) in [4.78, 5) is 0. The lowest BCUT2D eigenvalue weighted by Crippen LogP contribution is -2.00. The molecule has 0 radical (unpaired) electrons. The molecule has 2 nitrogen and oxygen atoms in total. The second-order valence-electron chi connectivity index (χ2n) is 3.15. The number of ether oxygens (including phenoxy) is 1. The highest BCUT2D eigenvalue weighted by Gasteiger charge is 2.08. The first-order chi connectivity index (χ1) is 6.70. The van der Waals surface area contributed by atoms with E-state index in [9.17, 15) is 0 Å². The molecule has 0 saturated carbocycles. The van der Waals surface area contributed by atoms with Crippen LogP contribution < -0.4 is 10.5 Å². The molecule has 1 rings (SSSR count). The zero-order valence-corrected chi connectivity index (χ0v) is 9.40. The van der Waals surface area contributed by atoms with Crippen molar-refractivity contribution in [3.05, 3.63) is 22.7 Å². The number of benzene rings is 1. The van der Waals surface area contributed by atoms with E-state index in [0.29, 0.717) is 23.1 Å². The van der Waals surface area contributed by atoms with E-state index < -0.39 is 0 Å². The summed E-state index contributed by atoms with van der Waals surface area (Å²) in [6, 6.07) is 3.85. The SMILES string of the molecule is CCCOc1ccc(CC)c(Cl)c1N. The highest BCUT2D eigenvalue weighted by atomic mass is 35.5. The highest BCUT2D eigenvalue weighted by Crippen LogP contribution is 2.32. The Morgan fingerprint density at radius 1 is 1.36 bits per heavy atom. The second-order valence-corrected chi connectivity index (χ2v) is 3.53. The molecule has 0 saturated heterocycles. The molecule has 1 aromatic rings. The molecule has 0 unspecified atom stereocenters. The van der Waals surface area contributed by atoms with Crippen molar-refractivity contribution in [2.75, 3.05) is 12.3 Å². The third-order valence-electron chi connectivity index (χ3n) is 2.06. The maximum absolute atomic E-state index is 6.07. The van der Waals surface area contributed by atoms with Crippen LogP contribution in [-0.4, -0.2) is 6.61 Å². The maximum Gasteiger partial charge on any atom is 0.143 e. The van der Waals surface area contributed by atoms with Gasteiger partial charge in [0.05, 0.1) is 17.3 Å². The first-order valence-electron chi connectivity index (χ1n) is 4.90. The normalized spacial score (nSPS) is 10.2. The zero-order valence-electron chi connectivity index (χ0n) is 8.64. The van der Waals surface area contributed by atoms with Crippen LogP contribution in [0, 0.1) is 0 Å². The van der Waals surface area contributed by atoms with Crippen LogP contribution in [0.1, 0.15) is 25.8 Å². The van der Waals surface area contributed by atoms with Crippen LogP contribution in [0.3, 0.4) is 0 Å². The Morgan fingerprint density at radius 3 is 2.64 bits per heavy atom. The lowest BCUT2D eigenvalue weighted by atomic mass is 10.1. The maximum atomic E-state index is 6.07. The lowest BCUT2D eigenvalue weighted by molar-refractivity contribution is 0.319. The number of rotatable bonds is 4. The van der Waals surface area contributed by atoms with Gasteiger partial charge in [-0.25, -0.2) is 0 Å². The number of anilines is 1. The number of nitrogens with two attached hydrogens (primary N) is 1. The van der Waals surface area contributed by atoms with E-state index in [1.54, 1.807) is 0 Å². The van der Waals surface area contributed by atoms with E-state index in [2.05, 4.69) is 6.92 Å². The Labute approximate surface area is 90.0 Å². The molecule has 78 valence electrons. The molecule has 2 N–H and O–H groups in total. The lowest BCUT2D eigenvalue weighted by Gasteiger charge is -2.11. The summed E-state index contributed by atoms with van der Waals surface area (Å²) in [5, 5.41) is 0.626. The molecule has 14 heavy (non-hydrogen) atoms. The molecule has 0 aliphatic heterocycles. The summed E-state index contributed by atoms with van der Waals surface area (Å²) in [5.74, 6) is 0.689. The molecule has 0 atom stereocenters. The number of halogens is 1. The number of hydrogen-bond donors (Lipinski definition) is 1. The molecule has 0 bridgehead atoms. The molecule has 1 aromatic carbocycles. The van der Waals surface area contributed by atoms with Crippen molar-refractivity contribution in [1.29, 1.82) is 0 Å². The van der Waals surface area contributed by atoms with Crippen LogP contribution >= 0.6 is 11.6 Å². The molecule has 0 fully saturated rings. The Kier molecular flexibility index (Phi) is 4.08. The minimum absolute atomic E-state index is 0.555. The molecule has 0 heterocycles. The van der Waals surface area contributed by atoms with E-state index in [1.807, 2.05) is 19.1 Å². The van der Waals surface area contributed by atoms with Crippen LogP contribution in [0.15, 0.2) is 12.1 Å². The largest absolute Gasteiger partial charge is 0.491 e. The topological polar surface area (TPSA) is 35.2 Å². The summed E-state index contributed by atoms with van der Waals surface area (Å²) < 4.78 is 5.46. The summed E-state index contributed by atoms with van der Waals surface area (Å²) in [6.45, 7) is 4.78. The van der Waals surface area contributed by atoms with Crippen LogP contribution in [0.25, 0.3) is 0 Å². The van der Waals surface area contributed by atoms with Gasteiger partial charge in [-0.3, -0.25) is 0 Å². The first-order valence-corrected chi connectivity index (χ1v) is 5.28. The minimum atomic E-state index is 0.555. The second kappa shape index (κ2) is 5.11. The quantitative estimate of drug-likeness (QED) is 0.780. The van der Waals surface area contributed by atoms with Gasteiger partial charge in [-0.2, -0.15) is 0 Å². The van der Waals surface area contributed by atoms with Gasteiger partial charge in [0, 0.05) is 0 Å². The van der Waals surface area contributed by atoms with Gasteiger partial charge in [-0.05, 0) is 24.5 Å². The smallest absolute Gasteiger partial charge is 0.143 e. The third-order valence-corrected chi connectivity index (χ3v) is 2.51. The molecular weight excluding hydrogens is 198 g/mol. The van der Waals surface area contributed by atoms with E-state index in [1.165, 1.54) is 0 Å². The Bertz CT molecular complexity index is 312. The first kappa shape index (κ1) is 11.2. The van der Waals surface area contributed by atoms with E-state index >= 15 is 0 Å². The number of aryl methyl sites for hydroxylation is 1. The van der Waals surface area contributed by atoms with Gasteiger partial charge in [0.25, 0.3) is 0 Å². The van der Waals surface area contributed by atoms with Gasteiger partial charge in [-0.15, -0.1) is 0 Å². The molecule has 0 amide bonds. The summed E-state index contributed by atoms with van der Waals surface area (Å²) in [7, 11) is 0. The Hall–Kier alpha value is -0.890. The van der Waals surface area contributed by atoms with Crippen LogP contribution in [-0.2, 0) is 6.42 Å².